The second kappa shape index (κ2) is 5.75. The Morgan fingerprint density at radius 1 is 1.28 bits per heavy atom. The van der Waals surface area contributed by atoms with E-state index in [2.05, 4.69) is 64.8 Å². The second-order valence-electron chi connectivity index (χ2n) is 6.31. The van der Waals surface area contributed by atoms with Crippen LogP contribution >= 0.6 is 0 Å². The van der Waals surface area contributed by atoms with Gasteiger partial charge >= 0.3 is 0 Å². The monoisotopic (exact) mass is 248 g/mol. The number of nitrogens with zero attached hydrogens (tertiary/aromatic N) is 1. The molecule has 0 aromatic heterocycles. The number of benzene rings is 1. The molecule has 0 fully saturated rings. The predicted molar refractivity (Wildman–Crippen MR) is 81.3 cm³/mol. The lowest BCUT2D eigenvalue weighted by Crippen LogP contribution is -2.39. The van der Waals surface area contributed by atoms with Gasteiger partial charge in [-0.1, -0.05) is 32.9 Å². The van der Waals surface area contributed by atoms with Crippen LogP contribution in [0.25, 0.3) is 0 Å². The number of hydrogen-bond donors (Lipinski definition) is 1. The maximum atomic E-state index is 5.60. The van der Waals surface area contributed by atoms with Crippen molar-refractivity contribution >= 4 is 5.69 Å². The van der Waals surface area contributed by atoms with E-state index in [9.17, 15) is 0 Å². The van der Waals surface area contributed by atoms with Crippen molar-refractivity contribution in [2.45, 2.75) is 47.1 Å². The molecule has 0 aliphatic heterocycles. The molecule has 1 aromatic rings. The van der Waals surface area contributed by atoms with Crippen LogP contribution in [0.1, 0.15) is 38.8 Å². The van der Waals surface area contributed by atoms with Crippen molar-refractivity contribution < 1.29 is 0 Å². The Labute approximate surface area is 112 Å². The molecule has 0 aliphatic carbocycles. The van der Waals surface area contributed by atoms with Crippen LogP contribution in [0.5, 0.6) is 0 Å². The lowest BCUT2D eigenvalue weighted by Gasteiger charge is -2.37. The molecule has 2 nitrogen and oxygen atoms in total. The first kappa shape index (κ1) is 15.0. The van der Waals surface area contributed by atoms with Crippen molar-refractivity contribution in [1.82, 2.24) is 0 Å². The third-order valence-corrected chi connectivity index (χ3v) is 3.91. The molecule has 0 bridgehead atoms. The molecule has 0 spiro atoms. The maximum Gasteiger partial charge on any atom is 0.0396 e. The van der Waals surface area contributed by atoms with Gasteiger partial charge in [-0.25, -0.2) is 0 Å². The van der Waals surface area contributed by atoms with E-state index in [0.29, 0.717) is 12.6 Å². The van der Waals surface area contributed by atoms with E-state index >= 15 is 0 Å². The molecule has 1 unspecified atom stereocenters. The van der Waals surface area contributed by atoms with Crippen LogP contribution in [-0.2, 0) is 6.42 Å². The van der Waals surface area contributed by atoms with Gasteiger partial charge in [0.15, 0.2) is 0 Å². The molecule has 0 saturated carbocycles. The quantitative estimate of drug-likeness (QED) is 0.885. The Bertz CT molecular complexity index is 391. The van der Waals surface area contributed by atoms with Crippen LogP contribution in [0, 0.1) is 12.3 Å². The van der Waals surface area contributed by atoms with Crippen LogP contribution in [-0.4, -0.2) is 19.6 Å². The summed E-state index contributed by atoms with van der Waals surface area (Å²) in [5.74, 6) is 0. The molecule has 0 radical (unpaired) electrons. The van der Waals surface area contributed by atoms with Gasteiger partial charge in [0, 0.05) is 18.8 Å². The van der Waals surface area contributed by atoms with Crippen molar-refractivity contribution in [3.05, 3.63) is 29.3 Å². The third kappa shape index (κ3) is 3.49. The largest absolute Gasteiger partial charge is 0.371 e. The third-order valence-electron chi connectivity index (χ3n) is 3.91. The number of aryl methyl sites for hydroxylation is 1. The first-order valence-corrected chi connectivity index (χ1v) is 6.79. The van der Waals surface area contributed by atoms with E-state index in [1.807, 2.05) is 0 Å². The van der Waals surface area contributed by atoms with E-state index in [1.54, 1.807) is 0 Å². The molecular weight excluding hydrogens is 220 g/mol. The molecule has 1 rings (SSSR count). The van der Waals surface area contributed by atoms with Crippen LogP contribution in [0.4, 0.5) is 5.69 Å². The molecule has 2 heteroatoms. The van der Waals surface area contributed by atoms with Gasteiger partial charge in [0.2, 0.25) is 0 Å². The highest BCUT2D eigenvalue weighted by atomic mass is 15.1. The zero-order valence-electron chi connectivity index (χ0n) is 12.7. The van der Waals surface area contributed by atoms with E-state index < -0.39 is 0 Å². The Balaban J connectivity index is 2.96. The Hall–Kier alpha value is -1.02. The van der Waals surface area contributed by atoms with Crippen molar-refractivity contribution in [2.24, 2.45) is 11.1 Å². The van der Waals surface area contributed by atoms with Crippen molar-refractivity contribution in [2.75, 3.05) is 18.5 Å². The van der Waals surface area contributed by atoms with Gasteiger partial charge < -0.3 is 10.6 Å². The highest BCUT2D eigenvalue weighted by Gasteiger charge is 2.24. The fraction of sp³-hybridized carbons (Fsp3) is 0.625. The topological polar surface area (TPSA) is 29.3 Å². The van der Waals surface area contributed by atoms with Gasteiger partial charge in [0.05, 0.1) is 0 Å². The average molecular weight is 248 g/mol. The SMILES string of the molecule is Cc1cc(CCN)ccc1N(C)C(C)C(C)(C)C. The summed E-state index contributed by atoms with van der Waals surface area (Å²) in [7, 11) is 2.18. The summed E-state index contributed by atoms with van der Waals surface area (Å²) in [5, 5.41) is 0. The average Bonchev–Trinajstić information content (AvgIpc) is 2.26. The Morgan fingerprint density at radius 3 is 2.33 bits per heavy atom. The summed E-state index contributed by atoms with van der Waals surface area (Å²) < 4.78 is 0. The zero-order chi connectivity index (χ0) is 13.9. The summed E-state index contributed by atoms with van der Waals surface area (Å²) in [4.78, 5) is 2.38. The Morgan fingerprint density at radius 2 is 1.89 bits per heavy atom. The molecular formula is C16H28N2. The molecule has 2 N–H and O–H groups in total. The smallest absolute Gasteiger partial charge is 0.0396 e. The highest BCUT2D eigenvalue weighted by Crippen LogP contribution is 2.29. The minimum absolute atomic E-state index is 0.275. The highest BCUT2D eigenvalue weighted by molar-refractivity contribution is 5.54. The van der Waals surface area contributed by atoms with Crippen LogP contribution in [0.15, 0.2) is 18.2 Å². The molecule has 0 saturated heterocycles. The van der Waals surface area contributed by atoms with Gasteiger partial charge in [-0.2, -0.15) is 0 Å². The van der Waals surface area contributed by atoms with Gasteiger partial charge in [-0.3, -0.25) is 0 Å². The first-order valence-electron chi connectivity index (χ1n) is 6.79. The molecule has 0 heterocycles. The summed E-state index contributed by atoms with van der Waals surface area (Å²) in [6.07, 6.45) is 0.958. The zero-order valence-corrected chi connectivity index (χ0v) is 12.7. The fourth-order valence-corrected chi connectivity index (χ4v) is 2.23. The summed E-state index contributed by atoms with van der Waals surface area (Å²) in [6.45, 7) is 12.0. The van der Waals surface area contributed by atoms with Gasteiger partial charge in [0.1, 0.15) is 0 Å². The van der Waals surface area contributed by atoms with Crippen LogP contribution in [0.3, 0.4) is 0 Å². The summed E-state index contributed by atoms with van der Waals surface area (Å²) in [6, 6.07) is 7.18. The van der Waals surface area contributed by atoms with Gasteiger partial charge in [-0.15, -0.1) is 0 Å². The Kier molecular flexibility index (Phi) is 4.80. The standard InChI is InChI=1S/C16H28N2/c1-12-11-14(9-10-17)7-8-15(12)18(6)13(2)16(3,4)5/h7-8,11,13H,9-10,17H2,1-6H3. The lowest BCUT2D eigenvalue weighted by atomic mass is 9.86. The van der Waals surface area contributed by atoms with E-state index in [-0.39, 0.29) is 5.41 Å². The summed E-state index contributed by atoms with van der Waals surface area (Å²) in [5.41, 5.74) is 9.86. The molecule has 1 atom stereocenters. The molecule has 0 amide bonds. The van der Waals surface area contributed by atoms with Crippen molar-refractivity contribution in [1.29, 1.82) is 0 Å². The lowest BCUT2D eigenvalue weighted by molar-refractivity contribution is 0.329. The second-order valence-corrected chi connectivity index (χ2v) is 6.31. The van der Waals surface area contributed by atoms with E-state index in [4.69, 9.17) is 5.73 Å². The van der Waals surface area contributed by atoms with Gasteiger partial charge in [0.25, 0.3) is 0 Å². The molecule has 0 aliphatic rings. The van der Waals surface area contributed by atoms with Gasteiger partial charge in [-0.05, 0) is 49.4 Å². The predicted octanol–water partition coefficient (Wildman–Crippen LogP) is 3.37. The molecule has 102 valence electrons. The number of anilines is 1. The van der Waals surface area contributed by atoms with Crippen molar-refractivity contribution in [3.63, 3.8) is 0 Å². The van der Waals surface area contributed by atoms with Crippen molar-refractivity contribution in [3.8, 4) is 0 Å². The summed E-state index contributed by atoms with van der Waals surface area (Å²) >= 11 is 0. The van der Waals surface area contributed by atoms with E-state index in [1.165, 1.54) is 16.8 Å². The molecule has 18 heavy (non-hydrogen) atoms. The maximum absolute atomic E-state index is 5.60. The van der Waals surface area contributed by atoms with Crippen LogP contribution < -0.4 is 10.6 Å². The minimum Gasteiger partial charge on any atom is -0.371 e. The number of rotatable bonds is 4. The fourth-order valence-electron chi connectivity index (χ4n) is 2.23. The normalized spacial score (nSPS) is 13.5. The minimum atomic E-state index is 0.275. The first-order chi connectivity index (χ1) is 8.27. The number of nitrogens with two attached hydrogens (primary N) is 1. The van der Waals surface area contributed by atoms with Crippen LogP contribution in [0.2, 0.25) is 0 Å². The van der Waals surface area contributed by atoms with E-state index in [0.717, 1.165) is 6.42 Å². The molecule has 1 aromatic carbocycles. The number of hydrogen-bond acceptors (Lipinski definition) is 2.